The maximum Gasteiger partial charge on any atom is 0.309 e. The SMILES string of the molecule is CCCCCC1CCC(C(=O)OC2CCC(CC/C=C/C=C(F)C#N)CC2)CC1. The molecule has 2 aliphatic rings. The molecule has 0 aliphatic heterocycles. The van der Waals surface area contributed by atoms with Gasteiger partial charge >= 0.3 is 5.97 Å². The van der Waals surface area contributed by atoms with Crippen LogP contribution in [0.5, 0.6) is 0 Å². The minimum absolute atomic E-state index is 0.0506. The van der Waals surface area contributed by atoms with Gasteiger partial charge in [0.25, 0.3) is 0 Å². The van der Waals surface area contributed by atoms with Crippen LogP contribution in [-0.2, 0) is 9.53 Å². The van der Waals surface area contributed by atoms with E-state index >= 15 is 0 Å². The second-order valence-corrected chi connectivity index (χ2v) is 8.92. The number of unbranched alkanes of at least 4 members (excludes halogenated alkanes) is 2. The molecule has 0 spiro atoms. The molecule has 3 nitrogen and oxygen atoms in total. The minimum atomic E-state index is -0.756. The van der Waals surface area contributed by atoms with Crippen molar-refractivity contribution in [2.75, 3.05) is 0 Å². The van der Waals surface area contributed by atoms with Gasteiger partial charge in [0.2, 0.25) is 0 Å². The fourth-order valence-electron chi connectivity index (χ4n) is 4.79. The first-order chi connectivity index (χ1) is 14.1. The summed E-state index contributed by atoms with van der Waals surface area (Å²) < 4.78 is 18.5. The lowest BCUT2D eigenvalue weighted by molar-refractivity contribution is -0.157. The highest BCUT2D eigenvalue weighted by molar-refractivity contribution is 5.72. The summed E-state index contributed by atoms with van der Waals surface area (Å²) in [6, 6.07) is 1.46. The van der Waals surface area contributed by atoms with E-state index in [1.807, 2.05) is 6.08 Å². The van der Waals surface area contributed by atoms with E-state index < -0.39 is 5.83 Å². The number of carbonyl (C=O) groups excluding carboxylic acids is 1. The third-order valence-corrected chi connectivity index (χ3v) is 6.70. The Morgan fingerprint density at radius 3 is 2.34 bits per heavy atom. The average Bonchev–Trinajstić information content (AvgIpc) is 2.75. The number of nitriles is 1. The van der Waals surface area contributed by atoms with Crippen LogP contribution < -0.4 is 0 Å². The van der Waals surface area contributed by atoms with Crippen molar-refractivity contribution in [3.63, 3.8) is 0 Å². The van der Waals surface area contributed by atoms with Crippen molar-refractivity contribution < 1.29 is 13.9 Å². The zero-order valence-corrected chi connectivity index (χ0v) is 18.1. The van der Waals surface area contributed by atoms with Crippen LogP contribution >= 0.6 is 0 Å². The smallest absolute Gasteiger partial charge is 0.309 e. The third kappa shape index (κ3) is 9.15. The number of hydrogen-bond donors (Lipinski definition) is 0. The molecule has 0 amide bonds. The fourth-order valence-corrected chi connectivity index (χ4v) is 4.79. The molecule has 29 heavy (non-hydrogen) atoms. The van der Waals surface area contributed by atoms with Gasteiger partial charge in [-0.25, -0.2) is 0 Å². The molecule has 0 aromatic carbocycles. The third-order valence-electron chi connectivity index (χ3n) is 6.70. The predicted octanol–water partition coefficient (Wildman–Crippen LogP) is 7.19. The molecule has 0 atom stereocenters. The van der Waals surface area contributed by atoms with Gasteiger partial charge in [-0.3, -0.25) is 4.79 Å². The molecule has 0 radical (unpaired) electrons. The van der Waals surface area contributed by atoms with E-state index in [2.05, 4.69) is 6.92 Å². The van der Waals surface area contributed by atoms with Crippen LogP contribution in [0.1, 0.15) is 96.8 Å². The number of ether oxygens (including phenoxy) is 1. The van der Waals surface area contributed by atoms with Gasteiger partial charge in [0.05, 0.1) is 5.92 Å². The van der Waals surface area contributed by atoms with Gasteiger partial charge in [0.1, 0.15) is 12.2 Å². The monoisotopic (exact) mass is 403 g/mol. The van der Waals surface area contributed by atoms with Crippen molar-refractivity contribution in [1.82, 2.24) is 0 Å². The number of hydrogen-bond acceptors (Lipinski definition) is 3. The summed E-state index contributed by atoms with van der Waals surface area (Å²) in [5.41, 5.74) is 0. The van der Waals surface area contributed by atoms with Crippen LogP contribution in [0, 0.1) is 29.1 Å². The van der Waals surface area contributed by atoms with Crippen LogP contribution in [0.2, 0.25) is 0 Å². The Bertz CT molecular complexity index is 576. The van der Waals surface area contributed by atoms with Crippen molar-refractivity contribution in [1.29, 1.82) is 5.26 Å². The van der Waals surface area contributed by atoms with E-state index in [1.54, 1.807) is 6.08 Å². The van der Waals surface area contributed by atoms with Gasteiger partial charge < -0.3 is 4.74 Å². The van der Waals surface area contributed by atoms with Crippen LogP contribution in [0.15, 0.2) is 24.1 Å². The molecule has 2 fully saturated rings. The number of carbonyl (C=O) groups is 1. The molecule has 2 aliphatic carbocycles. The van der Waals surface area contributed by atoms with Gasteiger partial charge in [0.15, 0.2) is 5.83 Å². The van der Waals surface area contributed by atoms with Crippen LogP contribution in [0.4, 0.5) is 4.39 Å². The Kier molecular flexibility index (Phi) is 11.1. The normalized spacial score (nSPS) is 28.2. The van der Waals surface area contributed by atoms with E-state index in [-0.39, 0.29) is 18.0 Å². The zero-order chi connectivity index (χ0) is 20.9. The number of allylic oxidation sites excluding steroid dienone is 4. The average molecular weight is 404 g/mol. The van der Waals surface area contributed by atoms with Gasteiger partial charge in [-0.15, -0.1) is 0 Å². The quantitative estimate of drug-likeness (QED) is 0.168. The van der Waals surface area contributed by atoms with E-state index in [0.29, 0.717) is 5.92 Å². The lowest BCUT2D eigenvalue weighted by Crippen LogP contribution is -2.30. The van der Waals surface area contributed by atoms with E-state index in [0.717, 1.165) is 57.3 Å². The summed E-state index contributed by atoms with van der Waals surface area (Å²) in [6.45, 7) is 2.25. The summed E-state index contributed by atoms with van der Waals surface area (Å²) >= 11 is 0. The van der Waals surface area contributed by atoms with Gasteiger partial charge in [-0.1, -0.05) is 44.8 Å². The maximum atomic E-state index is 12.7. The predicted molar refractivity (Wildman–Crippen MR) is 115 cm³/mol. The van der Waals surface area contributed by atoms with Crippen molar-refractivity contribution in [3.8, 4) is 6.07 Å². The summed E-state index contributed by atoms with van der Waals surface area (Å²) in [5, 5.41) is 8.35. The summed E-state index contributed by atoms with van der Waals surface area (Å²) in [6.07, 6.45) is 20.6. The van der Waals surface area contributed by atoms with E-state index in [9.17, 15) is 9.18 Å². The number of esters is 1. The van der Waals surface area contributed by atoms with Gasteiger partial charge in [-0.05, 0) is 82.1 Å². The Morgan fingerprint density at radius 2 is 1.69 bits per heavy atom. The second-order valence-electron chi connectivity index (χ2n) is 8.92. The highest BCUT2D eigenvalue weighted by atomic mass is 19.1. The summed E-state index contributed by atoms with van der Waals surface area (Å²) in [7, 11) is 0. The molecule has 0 unspecified atom stereocenters. The first-order valence-electron chi connectivity index (χ1n) is 11.7. The molecule has 0 N–H and O–H groups in total. The second kappa shape index (κ2) is 13.6. The van der Waals surface area contributed by atoms with Crippen LogP contribution in [-0.4, -0.2) is 12.1 Å². The number of halogens is 1. The first kappa shape index (κ1) is 23.6. The molecule has 0 saturated heterocycles. The van der Waals surface area contributed by atoms with Crippen molar-refractivity contribution in [2.24, 2.45) is 17.8 Å². The number of nitrogens with zero attached hydrogens (tertiary/aromatic N) is 1. The topological polar surface area (TPSA) is 50.1 Å². The number of rotatable bonds is 10. The molecular formula is C25H38FNO2. The summed E-state index contributed by atoms with van der Waals surface area (Å²) in [4.78, 5) is 12.5. The molecule has 0 aromatic heterocycles. The Balaban J connectivity index is 1.58. The Labute approximate surface area is 176 Å². The molecule has 2 saturated carbocycles. The lowest BCUT2D eigenvalue weighted by atomic mass is 9.79. The molecular weight excluding hydrogens is 365 g/mol. The Hall–Kier alpha value is -1.63. The highest BCUT2D eigenvalue weighted by Crippen LogP contribution is 2.34. The molecule has 0 bridgehead atoms. The molecule has 0 aromatic rings. The van der Waals surface area contributed by atoms with E-state index in [1.165, 1.54) is 50.7 Å². The minimum Gasteiger partial charge on any atom is -0.462 e. The summed E-state index contributed by atoms with van der Waals surface area (Å²) in [5.74, 6) is 0.894. The van der Waals surface area contributed by atoms with Crippen molar-refractivity contribution in [3.05, 3.63) is 24.1 Å². The zero-order valence-electron chi connectivity index (χ0n) is 18.1. The molecule has 4 heteroatoms. The first-order valence-corrected chi connectivity index (χ1v) is 11.7. The highest BCUT2D eigenvalue weighted by Gasteiger charge is 2.30. The van der Waals surface area contributed by atoms with Crippen LogP contribution in [0.3, 0.4) is 0 Å². The fraction of sp³-hybridized carbons (Fsp3) is 0.760. The Morgan fingerprint density at radius 1 is 1.03 bits per heavy atom. The standard InChI is InChI=1S/C25H38FNO2/c1-2-3-5-8-20-11-15-22(16-12-20)25(28)29-24-17-13-21(14-18-24)9-6-4-7-10-23(26)19-27/h4,7,10,20-22,24H,2-3,5-6,8-9,11-18H2,1H3/b7-4+,23-10?. The van der Waals surface area contributed by atoms with Gasteiger partial charge in [0, 0.05) is 0 Å². The van der Waals surface area contributed by atoms with E-state index in [4.69, 9.17) is 10.00 Å². The largest absolute Gasteiger partial charge is 0.462 e. The molecule has 162 valence electrons. The van der Waals surface area contributed by atoms with Crippen molar-refractivity contribution >= 4 is 5.97 Å². The van der Waals surface area contributed by atoms with Gasteiger partial charge in [-0.2, -0.15) is 9.65 Å². The maximum absolute atomic E-state index is 12.7. The van der Waals surface area contributed by atoms with Crippen LogP contribution in [0.25, 0.3) is 0 Å². The lowest BCUT2D eigenvalue weighted by Gasteiger charge is -2.31. The van der Waals surface area contributed by atoms with Crippen molar-refractivity contribution in [2.45, 2.75) is 103 Å². The molecule has 0 heterocycles. The molecule has 2 rings (SSSR count).